The number of rotatable bonds is 17. The molecule has 1 saturated heterocycles. The predicted octanol–water partition coefficient (Wildman–Crippen LogP) is 4.37. The van der Waals surface area contributed by atoms with E-state index in [4.69, 9.17) is 14.6 Å². The maximum Gasteiger partial charge on any atom is 0.341 e. The minimum absolute atomic E-state index is 0.272. The molecule has 162 valence electrons. The van der Waals surface area contributed by atoms with Crippen molar-refractivity contribution in [1.82, 2.24) is 0 Å². The van der Waals surface area contributed by atoms with Crippen LogP contribution in [0.4, 0.5) is 0 Å². The highest BCUT2D eigenvalue weighted by Gasteiger charge is 2.50. The van der Waals surface area contributed by atoms with E-state index >= 15 is 0 Å². The highest BCUT2D eigenvalue weighted by molar-refractivity contribution is 5.90. The lowest BCUT2D eigenvalue weighted by Crippen LogP contribution is -2.41. The van der Waals surface area contributed by atoms with Gasteiger partial charge in [-0.25, -0.2) is 4.79 Å². The van der Waals surface area contributed by atoms with E-state index in [-0.39, 0.29) is 13.4 Å². The van der Waals surface area contributed by atoms with Gasteiger partial charge in [0.2, 0.25) is 0 Å². The summed E-state index contributed by atoms with van der Waals surface area (Å²) < 4.78 is 14.9. The van der Waals surface area contributed by atoms with Crippen LogP contribution in [0.15, 0.2) is 0 Å². The van der Waals surface area contributed by atoms with Crippen molar-refractivity contribution in [3.63, 3.8) is 0 Å². The molecule has 0 amide bonds. The monoisotopic (exact) mass is 400 g/mol. The molecule has 0 aromatic carbocycles. The Morgan fingerprint density at radius 1 is 0.929 bits per heavy atom. The number of carboxylic acids is 1. The second kappa shape index (κ2) is 14.4. The second-order valence-corrected chi connectivity index (χ2v) is 7.55. The molecule has 0 aromatic heterocycles. The molecule has 1 fully saturated rings. The molecule has 0 radical (unpaired) electrons. The third-order valence-corrected chi connectivity index (χ3v) is 5.02. The van der Waals surface area contributed by atoms with Crippen molar-refractivity contribution in [1.29, 1.82) is 0 Å². The van der Waals surface area contributed by atoms with Gasteiger partial charge in [-0.2, -0.15) is 0 Å². The second-order valence-electron chi connectivity index (χ2n) is 7.55. The number of carbonyl (C=O) groups excluding carboxylic acids is 2. The first-order valence-corrected chi connectivity index (χ1v) is 10.7. The number of ether oxygens (including phenoxy) is 3. The Labute approximate surface area is 168 Å². The minimum atomic E-state index is -1.75. The number of unbranched alkanes of at least 4 members (excludes halogenated alkanes) is 11. The van der Waals surface area contributed by atoms with E-state index < -0.39 is 36.4 Å². The molecule has 1 aliphatic rings. The maximum absolute atomic E-state index is 11.9. The summed E-state index contributed by atoms with van der Waals surface area (Å²) in [4.78, 5) is 34.6. The van der Waals surface area contributed by atoms with Crippen molar-refractivity contribution in [2.45, 2.75) is 102 Å². The average molecular weight is 401 g/mol. The highest BCUT2D eigenvalue weighted by Crippen LogP contribution is 2.28. The first kappa shape index (κ1) is 24.4. The van der Waals surface area contributed by atoms with Gasteiger partial charge >= 0.3 is 17.9 Å². The van der Waals surface area contributed by atoms with Crippen molar-refractivity contribution < 1.29 is 33.7 Å². The number of hydrogen-bond acceptors (Lipinski definition) is 6. The molecule has 7 nitrogen and oxygen atoms in total. The van der Waals surface area contributed by atoms with Gasteiger partial charge < -0.3 is 19.3 Å². The molecule has 1 unspecified atom stereocenters. The molecular formula is C21H36O7. The quantitative estimate of drug-likeness (QED) is 0.286. The number of hydrogen-bond donors (Lipinski definition) is 1. The van der Waals surface area contributed by atoms with Crippen LogP contribution in [-0.2, 0) is 28.6 Å². The number of carboxylic acid groups (broad SMARTS) is 1. The summed E-state index contributed by atoms with van der Waals surface area (Å²) in [5.41, 5.74) is -1.75. The zero-order valence-electron chi connectivity index (χ0n) is 17.2. The molecule has 0 bridgehead atoms. The van der Waals surface area contributed by atoms with Crippen LogP contribution in [0, 0.1) is 0 Å². The fourth-order valence-corrected chi connectivity index (χ4v) is 3.35. The summed E-state index contributed by atoms with van der Waals surface area (Å²) in [6.45, 7) is 2.17. The lowest BCUT2D eigenvalue weighted by atomic mass is 9.96. The highest BCUT2D eigenvalue weighted by atomic mass is 16.7. The predicted molar refractivity (Wildman–Crippen MR) is 104 cm³/mol. The van der Waals surface area contributed by atoms with Crippen LogP contribution in [0.2, 0.25) is 0 Å². The van der Waals surface area contributed by atoms with Gasteiger partial charge in [0.05, 0.1) is 19.4 Å². The number of esters is 2. The Morgan fingerprint density at radius 2 is 1.46 bits per heavy atom. The van der Waals surface area contributed by atoms with Crippen LogP contribution < -0.4 is 0 Å². The molecule has 0 saturated carbocycles. The molecule has 28 heavy (non-hydrogen) atoms. The number of aliphatic carboxylic acids is 1. The van der Waals surface area contributed by atoms with Gasteiger partial charge in [-0.05, 0) is 6.42 Å². The van der Waals surface area contributed by atoms with Crippen LogP contribution >= 0.6 is 0 Å². The van der Waals surface area contributed by atoms with E-state index in [0.29, 0.717) is 0 Å². The lowest BCUT2D eigenvalue weighted by Gasteiger charge is -2.20. The summed E-state index contributed by atoms with van der Waals surface area (Å²) in [6, 6.07) is 0. The van der Waals surface area contributed by atoms with E-state index in [2.05, 4.69) is 11.7 Å². The zero-order chi connectivity index (χ0) is 20.7. The Kier molecular flexibility index (Phi) is 12.5. The zero-order valence-corrected chi connectivity index (χ0v) is 17.2. The summed E-state index contributed by atoms with van der Waals surface area (Å²) >= 11 is 0. The van der Waals surface area contributed by atoms with Gasteiger partial charge in [0.25, 0.3) is 0 Å². The maximum atomic E-state index is 11.9. The summed E-state index contributed by atoms with van der Waals surface area (Å²) in [5.74, 6) is -2.69. The Balaban J connectivity index is 2.02. The van der Waals surface area contributed by atoms with Crippen molar-refractivity contribution in [3.8, 4) is 0 Å². The Bertz CT molecular complexity index is 477. The smallest absolute Gasteiger partial charge is 0.341 e. The summed E-state index contributed by atoms with van der Waals surface area (Å²) in [6.07, 6.45) is 13.6. The molecule has 1 heterocycles. The molecule has 0 aromatic rings. The average Bonchev–Trinajstić information content (AvgIpc) is 2.98. The number of carbonyl (C=O) groups is 3. The van der Waals surface area contributed by atoms with E-state index in [1.54, 1.807) is 0 Å². The van der Waals surface area contributed by atoms with Crippen LogP contribution in [0.25, 0.3) is 0 Å². The minimum Gasteiger partial charge on any atom is -0.481 e. The van der Waals surface area contributed by atoms with Gasteiger partial charge in [-0.3, -0.25) is 9.59 Å². The van der Waals surface area contributed by atoms with Crippen LogP contribution in [0.3, 0.4) is 0 Å². The van der Waals surface area contributed by atoms with Crippen molar-refractivity contribution in [3.05, 3.63) is 0 Å². The van der Waals surface area contributed by atoms with Crippen LogP contribution in [-0.4, -0.2) is 42.0 Å². The normalized spacial score (nSPS) is 18.8. The molecule has 7 heteroatoms. The van der Waals surface area contributed by atoms with E-state index in [1.807, 2.05) is 0 Å². The summed E-state index contributed by atoms with van der Waals surface area (Å²) in [7, 11) is 0. The Morgan fingerprint density at radius 3 is 1.93 bits per heavy atom. The van der Waals surface area contributed by atoms with E-state index in [0.717, 1.165) is 19.3 Å². The van der Waals surface area contributed by atoms with Crippen LogP contribution in [0.5, 0.6) is 0 Å². The topological polar surface area (TPSA) is 99.1 Å². The summed E-state index contributed by atoms with van der Waals surface area (Å²) in [5, 5.41) is 8.93. The first-order chi connectivity index (χ1) is 13.5. The molecule has 1 atom stereocenters. The van der Waals surface area contributed by atoms with Gasteiger partial charge in [0.1, 0.15) is 0 Å². The van der Waals surface area contributed by atoms with Gasteiger partial charge in [0, 0.05) is 0 Å². The van der Waals surface area contributed by atoms with Crippen molar-refractivity contribution in [2.24, 2.45) is 0 Å². The third-order valence-electron chi connectivity index (χ3n) is 5.02. The van der Waals surface area contributed by atoms with E-state index in [1.165, 1.54) is 57.8 Å². The fraction of sp³-hybridized carbons (Fsp3) is 0.857. The lowest BCUT2D eigenvalue weighted by molar-refractivity contribution is -0.160. The van der Waals surface area contributed by atoms with Gasteiger partial charge in [-0.15, -0.1) is 0 Å². The SMILES string of the molecule is CCCCCCCCCCCCCCOC(=O)CC1(CC(=O)O)OCOC1=O. The first-order valence-electron chi connectivity index (χ1n) is 10.7. The molecule has 0 spiro atoms. The third kappa shape index (κ3) is 10.1. The molecular weight excluding hydrogens is 364 g/mol. The van der Waals surface area contributed by atoms with Gasteiger partial charge in [-0.1, -0.05) is 77.6 Å². The van der Waals surface area contributed by atoms with Crippen LogP contribution in [0.1, 0.15) is 96.8 Å². The van der Waals surface area contributed by atoms with Gasteiger partial charge in [0.15, 0.2) is 12.4 Å². The molecule has 1 N–H and O–H groups in total. The fourth-order valence-electron chi connectivity index (χ4n) is 3.35. The molecule has 1 aliphatic heterocycles. The van der Waals surface area contributed by atoms with Crippen molar-refractivity contribution >= 4 is 17.9 Å². The molecule has 1 rings (SSSR count). The number of cyclic esters (lactones) is 1. The van der Waals surface area contributed by atoms with Crippen molar-refractivity contribution in [2.75, 3.05) is 13.4 Å². The largest absolute Gasteiger partial charge is 0.481 e. The Hall–Kier alpha value is -1.63. The standard InChI is InChI=1S/C21H36O7/c1-2-3-4-5-6-7-8-9-10-11-12-13-14-26-19(24)16-21(15-18(22)23)20(25)27-17-28-21/h2-17H2,1H3,(H,22,23). The van der Waals surface area contributed by atoms with E-state index in [9.17, 15) is 14.4 Å². The molecule has 0 aliphatic carbocycles.